The van der Waals surface area contributed by atoms with Crippen LogP contribution in [-0.4, -0.2) is 17.0 Å². The smallest absolute Gasteiger partial charge is 0.0659 e. The molecule has 3 heteroatoms. The van der Waals surface area contributed by atoms with Gasteiger partial charge in [-0.3, -0.25) is 0 Å². The van der Waals surface area contributed by atoms with Crippen molar-refractivity contribution < 1.29 is 5.11 Å². The monoisotopic (exact) mass is 288 g/mol. The van der Waals surface area contributed by atoms with E-state index in [0.717, 1.165) is 16.6 Å². The van der Waals surface area contributed by atoms with Gasteiger partial charge in [0.1, 0.15) is 0 Å². The van der Waals surface area contributed by atoms with Crippen LogP contribution in [0.3, 0.4) is 0 Å². The number of thioether (sulfide) groups is 1. The van der Waals surface area contributed by atoms with E-state index >= 15 is 0 Å². The summed E-state index contributed by atoms with van der Waals surface area (Å²) in [5, 5.41) is 9.80. The van der Waals surface area contributed by atoms with E-state index in [-0.39, 0.29) is 6.10 Å². The molecule has 84 valence electrons. The van der Waals surface area contributed by atoms with Crippen LogP contribution >= 0.6 is 27.7 Å². The van der Waals surface area contributed by atoms with Gasteiger partial charge in [-0.25, -0.2) is 0 Å². The highest BCUT2D eigenvalue weighted by atomic mass is 79.9. The minimum absolute atomic E-state index is 0.205. The van der Waals surface area contributed by atoms with Crippen molar-refractivity contribution in [1.82, 2.24) is 0 Å². The van der Waals surface area contributed by atoms with Crippen LogP contribution in [0.25, 0.3) is 0 Å². The van der Waals surface area contributed by atoms with Crippen LogP contribution < -0.4 is 0 Å². The first-order valence-corrected chi connectivity index (χ1v) is 6.97. The van der Waals surface area contributed by atoms with E-state index in [0.29, 0.717) is 5.92 Å². The molecule has 0 saturated carbocycles. The summed E-state index contributed by atoms with van der Waals surface area (Å²) in [7, 11) is 0. The normalized spacial score (nSPS) is 14.9. The molecule has 0 amide bonds. The molecule has 0 aromatic heterocycles. The van der Waals surface area contributed by atoms with Crippen LogP contribution in [0.1, 0.15) is 20.3 Å². The molecule has 0 fully saturated rings. The molecule has 1 N–H and O–H groups in total. The van der Waals surface area contributed by atoms with Gasteiger partial charge in [0.25, 0.3) is 0 Å². The van der Waals surface area contributed by atoms with Crippen LogP contribution in [0, 0.1) is 5.92 Å². The standard InChI is InChI=1S/C12H17BrOS/c1-3-9(2)12(14)8-15-11-6-4-10(13)5-7-11/h4-7,9,12,14H,3,8H2,1-2H3. The molecule has 0 aliphatic heterocycles. The second kappa shape index (κ2) is 6.56. The van der Waals surface area contributed by atoms with Gasteiger partial charge in [0.15, 0.2) is 0 Å². The van der Waals surface area contributed by atoms with Crippen molar-refractivity contribution >= 4 is 27.7 Å². The molecule has 0 saturated heterocycles. The Hall–Kier alpha value is 0.01000. The predicted octanol–water partition coefficient (Wildman–Crippen LogP) is 3.95. The molecule has 0 radical (unpaired) electrons. The summed E-state index contributed by atoms with van der Waals surface area (Å²) in [6.07, 6.45) is 0.825. The number of hydrogen-bond donors (Lipinski definition) is 1. The Morgan fingerprint density at radius 3 is 2.47 bits per heavy atom. The van der Waals surface area contributed by atoms with E-state index in [1.54, 1.807) is 11.8 Å². The number of benzene rings is 1. The molecule has 0 spiro atoms. The van der Waals surface area contributed by atoms with E-state index in [1.807, 2.05) is 12.1 Å². The number of rotatable bonds is 5. The predicted molar refractivity (Wildman–Crippen MR) is 70.3 cm³/mol. The number of hydrogen-bond acceptors (Lipinski definition) is 2. The highest BCUT2D eigenvalue weighted by Crippen LogP contribution is 2.23. The first kappa shape index (κ1) is 13.1. The summed E-state index contributed by atoms with van der Waals surface area (Å²) in [6.45, 7) is 4.20. The second-order valence-corrected chi connectivity index (χ2v) is 5.73. The van der Waals surface area contributed by atoms with Crippen molar-refractivity contribution in [3.63, 3.8) is 0 Å². The molecule has 0 aliphatic rings. The zero-order chi connectivity index (χ0) is 11.3. The fourth-order valence-electron chi connectivity index (χ4n) is 1.15. The van der Waals surface area contributed by atoms with Crippen molar-refractivity contribution in [2.75, 3.05) is 5.75 Å². The molecule has 0 aliphatic carbocycles. The first-order chi connectivity index (χ1) is 7.13. The average Bonchev–Trinajstić information content (AvgIpc) is 2.26. The van der Waals surface area contributed by atoms with Crippen molar-refractivity contribution in [3.8, 4) is 0 Å². The Balaban J connectivity index is 2.40. The van der Waals surface area contributed by atoms with Gasteiger partial charge in [-0.05, 0) is 30.2 Å². The van der Waals surface area contributed by atoms with Gasteiger partial charge in [-0.15, -0.1) is 11.8 Å². The van der Waals surface area contributed by atoms with Crippen LogP contribution in [0.5, 0.6) is 0 Å². The van der Waals surface area contributed by atoms with Crippen molar-refractivity contribution in [3.05, 3.63) is 28.7 Å². The third-order valence-corrected chi connectivity index (χ3v) is 4.18. The summed E-state index contributed by atoms with van der Waals surface area (Å²) in [4.78, 5) is 1.21. The van der Waals surface area contributed by atoms with Gasteiger partial charge in [0, 0.05) is 15.1 Å². The molecule has 0 bridgehead atoms. The Morgan fingerprint density at radius 2 is 1.93 bits per heavy atom. The fourth-order valence-corrected chi connectivity index (χ4v) is 2.43. The maximum Gasteiger partial charge on any atom is 0.0659 e. The van der Waals surface area contributed by atoms with Gasteiger partial charge in [-0.2, -0.15) is 0 Å². The summed E-state index contributed by atoms with van der Waals surface area (Å²) in [6, 6.07) is 8.19. The third kappa shape index (κ3) is 4.58. The molecule has 2 atom stereocenters. The average molecular weight is 289 g/mol. The zero-order valence-corrected chi connectivity index (χ0v) is 11.5. The lowest BCUT2D eigenvalue weighted by Crippen LogP contribution is -2.19. The van der Waals surface area contributed by atoms with E-state index in [2.05, 4.69) is 41.9 Å². The Bertz CT molecular complexity index is 286. The van der Waals surface area contributed by atoms with E-state index < -0.39 is 0 Å². The molecule has 1 aromatic rings. The molecular weight excluding hydrogens is 272 g/mol. The van der Waals surface area contributed by atoms with Gasteiger partial charge < -0.3 is 5.11 Å². The quantitative estimate of drug-likeness (QED) is 0.828. The first-order valence-electron chi connectivity index (χ1n) is 5.20. The van der Waals surface area contributed by atoms with Crippen molar-refractivity contribution in [2.45, 2.75) is 31.3 Å². The SMILES string of the molecule is CCC(C)C(O)CSc1ccc(Br)cc1. The van der Waals surface area contributed by atoms with Gasteiger partial charge >= 0.3 is 0 Å². The van der Waals surface area contributed by atoms with E-state index in [9.17, 15) is 5.11 Å². The number of halogens is 1. The lowest BCUT2D eigenvalue weighted by atomic mass is 10.0. The summed E-state index contributed by atoms with van der Waals surface area (Å²) >= 11 is 5.11. The van der Waals surface area contributed by atoms with Crippen LogP contribution in [-0.2, 0) is 0 Å². The zero-order valence-electron chi connectivity index (χ0n) is 9.11. The largest absolute Gasteiger partial charge is 0.392 e. The van der Waals surface area contributed by atoms with Crippen molar-refractivity contribution in [1.29, 1.82) is 0 Å². The molecule has 1 nitrogen and oxygen atoms in total. The number of aliphatic hydroxyl groups excluding tert-OH is 1. The van der Waals surface area contributed by atoms with Gasteiger partial charge in [0.05, 0.1) is 6.10 Å². The maximum absolute atomic E-state index is 9.80. The minimum Gasteiger partial charge on any atom is -0.392 e. The fraction of sp³-hybridized carbons (Fsp3) is 0.500. The Kier molecular flexibility index (Phi) is 5.72. The van der Waals surface area contributed by atoms with E-state index in [4.69, 9.17) is 0 Å². The lowest BCUT2D eigenvalue weighted by molar-refractivity contribution is 0.137. The summed E-state index contributed by atoms with van der Waals surface area (Å²) in [5.74, 6) is 1.16. The molecule has 1 aromatic carbocycles. The molecular formula is C12H17BrOS. The maximum atomic E-state index is 9.80. The molecule has 15 heavy (non-hydrogen) atoms. The third-order valence-electron chi connectivity index (χ3n) is 2.54. The van der Waals surface area contributed by atoms with Crippen molar-refractivity contribution in [2.24, 2.45) is 5.92 Å². The number of aliphatic hydroxyl groups is 1. The molecule has 1 rings (SSSR count). The lowest BCUT2D eigenvalue weighted by Gasteiger charge is -2.16. The Labute approximate surface area is 104 Å². The second-order valence-electron chi connectivity index (χ2n) is 3.72. The summed E-state index contributed by atoms with van der Waals surface area (Å²) in [5.41, 5.74) is 0. The Morgan fingerprint density at radius 1 is 1.33 bits per heavy atom. The minimum atomic E-state index is -0.205. The van der Waals surface area contributed by atoms with Gasteiger partial charge in [0.2, 0.25) is 0 Å². The van der Waals surface area contributed by atoms with E-state index in [1.165, 1.54) is 4.90 Å². The summed E-state index contributed by atoms with van der Waals surface area (Å²) < 4.78 is 1.09. The van der Waals surface area contributed by atoms with Crippen LogP contribution in [0.4, 0.5) is 0 Å². The molecule has 0 heterocycles. The van der Waals surface area contributed by atoms with Crippen LogP contribution in [0.2, 0.25) is 0 Å². The topological polar surface area (TPSA) is 20.2 Å². The highest BCUT2D eigenvalue weighted by Gasteiger charge is 2.12. The van der Waals surface area contributed by atoms with Gasteiger partial charge in [-0.1, -0.05) is 36.2 Å². The highest BCUT2D eigenvalue weighted by molar-refractivity contribution is 9.10. The van der Waals surface area contributed by atoms with Crippen LogP contribution in [0.15, 0.2) is 33.6 Å². The molecule has 2 unspecified atom stereocenters.